The summed E-state index contributed by atoms with van der Waals surface area (Å²) in [6.45, 7) is 8.89. The topological polar surface area (TPSA) is 0 Å². The van der Waals surface area contributed by atoms with E-state index in [1.165, 1.54) is 44.2 Å². The SMILES string of the molecule is Cc1cc2c(-c3ccccc3)c(C)c(C)c(C)c2[cH-]1.[Cl][Zr][Cl]. The predicted octanol–water partition coefficient (Wildman–Crippen LogP) is 6.84. The predicted molar refractivity (Wildman–Crippen MR) is 95.6 cm³/mol. The molecule has 0 aliphatic carbocycles. The normalized spacial score (nSPS) is 10.3. The summed E-state index contributed by atoms with van der Waals surface area (Å²) in [5.41, 5.74) is 8.30. The van der Waals surface area contributed by atoms with Gasteiger partial charge in [0.25, 0.3) is 0 Å². The van der Waals surface area contributed by atoms with Crippen molar-refractivity contribution in [1.29, 1.82) is 0 Å². The number of hydrogen-bond donors (Lipinski definition) is 0. The van der Waals surface area contributed by atoms with Crippen LogP contribution in [0, 0.1) is 27.7 Å². The van der Waals surface area contributed by atoms with Gasteiger partial charge >= 0.3 is 37.9 Å². The second-order valence-electron chi connectivity index (χ2n) is 5.55. The summed E-state index contributed by atoms with van der Waals surface area (Å²) in [4.78, 5) is 0. The van der Waals surface area contributed by atoms with Gasteiger partial charge in [0.05, 0.1) is 0 Å². The first kappa shape index (κ1) is 17.9. The molecule has 0 atom stereocenters. The van der Waals surface area contributed by atoms with Crippen molar-refractivity contribution in [3.63, 3.8) is 0 Å². The standard InChI is InChI=1S/C19H19.2ClH.Zr/c1-12-10-17-14(3)13(2)15(4)19(18(17)11-12)16-8-6-5-7-9-16;;;/h5-11H,1-4H3;2*1H;/q-1;;;+2/p-2. The Balaban J connectivity index is 0.000000545. The van der Waals surface area contributed by atoms with Crippen molar-refractivity contribution in [1.82, 2.24) is 0 Å². The van der Waals surface area contributed by atoms with Crippen molar-refractivity contribution in [3.05, 3.63) is 64.7 Å². The van der Waals surface area contributed by atoms with Gasteiger partial charge in [0.15, 0.2) is 0 Å². The quantitative estimate of drug-likeness (QED) is 0.386. The molecule has 0 bridgehead atoms. The van der Waals surface area contributed by atoms with E-state index in [1.54, 1.807) is 0 Å². The van der Waals surface area contributed by atoms with Crippen molar-refractivity contribution in [2.75, 3.05) is 0 Å². The van der Waals surface area contributed by atoms with Crippen LogP contribution in [0.25, 0.3) is 21.9 Å². The second-order valence-corrected chi connectivity index (χ2v) is 9.28. The molecule has 0 unspecified atom stereocenters. The average Bonchev–Trinajstić information content (AvgIpc) is 2.89. The second kappa shape index (κ2) is 7.87. The first-order valence-corrected chi connectivity index (χ1v) is 13.5. The van der Waals surface area contributed by atoms with Crippen molar-refractivity contribution in [2.45, 2.75) is 27.7 Å². The van der Waals surface area contributed by atoms with Crippen LogP contribution in [-0.4, -0.2) is 0 Å². The summed E-state index contributed by atoms with van der Waals surface area (Å²) in [5.74, 6) is 0. The Bertz CT molecular complexity index is 773. The maximum atomic E-state index is 4.93. The average molecular weight is 409 g/mol. The van der Waals surface area contributed by atoms with Crippen molar-refractivity contribution >= 4 is 27.8 Å². The van der Waals surface area contributed by atoms with Crippen molar-refractivity contribution in [2.24, 2.45) is 0 Å². The summed E-state index contributed by atoms with van der Waals surface area (Å²) in [7, 11) is 9.87. The van der Waals surface area contributed by atoms with Crippen LogP contribution >= 0.6 is 17.0 Å². The van der Waals surface area contributed by atoms with Gasteiger partial charge in [-0.1, -0.05) is 60.9 Å². The van der Waals surface area contributed by atoms with E-state index < -0.39 is 20.8 Å². The molecule has 0 saturated heterocycles. The van der Waals surface area contributed by atoms with Crippen LogP contribution in [0.2, 0.25) is 0 Å². The molecule has 0 amide bonds. The summed E-state index contributed by atoms with van der Waals surface area (Å²) >= 11 is -0.826. The molecule has 0 radical (unpaired) electrons. The first-order chi connectivity index (χ1) is 10.5. The summed E-state index contributed by atoms with van der Waals surface area (Å²) in [6, 6.07) is 15.4. The molecule has 0 aliphatic heterocycles. The minimum atomic E-state index is -0.826. The fourth-order valence-electron chi connectivity index (χ4n) is 3.02. The van der Waals surface area contributed by atoms with Gasteiger partial charge in [-0.15, -0.1) is 28.0 Å². The van der Waals surface area contributed by atoms with Gasteiger partial charge in [-0.25, -0.2) is 0 Å². The van der Waals surface area contributed by atoms with Crippen LogP contribution in [0.4, 0.5) is 0 Å². The zero-order valence-electron chi connectivity index (χ0n) is 13.3. The maximum absolute atomic E-state index is 4.93. The van der Waals surface area contributed by atoms with Gasteiger partial charge in [0, 0.05) is 0 Å². The molecule has 0 saturated carbocycles. The molecule has 3 heteroatoms. The molecular formula is C19H19Cl2Zr-. The minimum absolute atomic E-state index is 0.826. The fourth-order valence-corrected chi connectivity index (χ4v) is 3.02. The Morgan fingerprint density at radius 1 is 0.864 bits per heavy atom. The molecule has 3 rings (SSSR count). The van der Waals surface area contributed by atoms with Crippen LogP contribution in [-0.2, 0) is 20.8 Å². The Hall–Kier alpha value is -0.487. The molecule has 0 aromatic heterocycles. The molecule has 0 aliphatic rings. The third-order valence-corrected chi connectivity index (χ3v) is 4.27. The third kappa shape index (κ3) is 3.53. The van der Waals surface area contributed by atoms with E-state index in [2.05, 4.69) is 70.2 Å². The van der Waals surface area contributed by atoms with Crippen LogP contribution in [0.1, 0.15) is 22.3 Å². The molecule has 0 spiro atoms. The van der Waals surface area contributed by atoms with Crippen LogP contribution in [0.5, 0.6) is 0 Å². The van der Waals surface area contributed by atoms with Gasteiger partial charge in [-0.3, -0.25) is 0 Å². The number of fused-ring (bicyclic) bond motifs is 1. The molecule has 0 N–H and O–H groups in total. The Kier molecular flexibility index (Phi) is 6.39. The Morgan fingerprint density at radius 3 is 2.05 bits per heavy atom. The monoisotopic (exact) mass is 407 g/mol. The molecule has 0 fully saturated rings. The third-order valence-electron chi connectivity index (χ3n) is 4.27. The molecular weight excluding hydrogens is 390 g/mol. The molecule has 3 aromatic carbocycles. The van der Waals surface area contributed by atoms with Gasteiger partial charge in [-0.2, -0.15) is 6.07 Å². The summed E-state index contributed by atoms with van der Waals surface area (Å²) in [5, 5.41) is 2.80. The van der Waals surface area contributed by atoms with E-state index in [1.807, 2.05) is 0 Å². The van der Waals surface area contributed by atoms with E-state index in [0.717, 1.165) is 0 Å². The van der Waals surface area contributed by atoms with E-state index in [0.29, 0.717) is 0 Å². The summed E-state index contributed by atoms with van der Waals surface area (Å²) in [6.07, 6.45) is 0. The molecule has 22 heavy (non-hydrogen) atoms. The van der Waals surface area contributed by atoms with E-state index in [9.17, 15) is 0 Å². The number of rotatable bonds is 1. The first-order valence-electron chi connectivity index (χ1n) is 7.19. The van der Waals surface area contributed by atoms with E-state index in [4.69, 9.17) is 17.0 Å². The number of halogens is 2. The number of aryl methyl sites for hydroxylation is 2. The van der Waals surface area contributed by atoms with E-state index >= 15 is 0 Å². The number of hydrogen-bond acceptors (Lipinski definition) is 0. The van der Waals surface area contributed by atoms with Crippen LogP contribution in [0.15, 0.2) is 42.5 Å². The molecule has 3 aromatic rings. The van der Waals surface area contributed by atoms with Gasteiger partial charge in [0.2, 0.25) is 0 Å². The van der Waals surface area contributed by atoms with Gasteiger partial charge < -0.3 is 0 Å². The Morgan fingerprint density at radius 2 is 1.45 bits per heavy atom. The Labute approximate surface area is 151 Å². The van der Waals surface area contributed by atoms with Crippen molar-refractivity contribution < 1.29 is 20.8 Å². The molecule has 114 valence electrons. The summed E-state index contributed by atoms with van der Waals surface area (Å²) < 4.78 is 0. The van der Waals surface area contributed by atoms with Gasteiger partial charge in [0.1, 0.15) is 0 Å². The zero-order valence-corrected chi connectivity index (χ0v) is 17.3. The number of benzene rings is 2. The van der Waals surface area contributed by atoms with Crippen LogP contribution in [0.3, 0.4) is 0 Å². The van der Waals surface area contributed by atoms with Crippen LogP contribution < -0.4 is 0 Å². The molecule has 0 nitrogen and oxygen atoms in total. The molecule has 0 heterocycles. The fraction of sp³-hybridized carbons (Fsp3) is 0.211. The van der Waals surface area contributed by atoms with Crippen molar-refractivity contribution in [3.8, 4) is 11.1 Å². The van der Waals surface area contributed by atoms with Gasteiger partial charge in [-0.05, 0) is 19.4 Å². The van der Waals surface area contributed by atoms with E-state index in [-0.39, 0.29) is 0 Å². The zero-order chi connectivity index (χ0) is 16.3.